The van der Waals surface area contributed by atoms with Crippen molar-refractivity contribution in [2.45, 2.75) is 32.7 Å². The molecule has 0 fully saturated rings. The molecule has 4 heteroatoms. The lowest BCUT2D eigenvalue weighted by Gasteiger charge is -2.22. The molecule has 0 saturated heterocycles. The Kier molecular flexibility index (Phi) is 5.75. The Morgan fingerprint density at radius 3 is 2.50 bits per heavy atom. The summed E-state index contributed by atoms with van der Waals surface area (Å²) in [7, 11) is 1.90. The maximum absolute atomic E-state index is 13.0. The van der Waals surface area contributed by atoms with Crippen LogP contribution in [0.2, 0.25) is 0 Å². The van der Waals surface area contributed by atoms with Gasteiger partial charge in [0, 0.05) is 32.5 Å². The van der Waals surface area contributed by atoms with Crippen molar-refractivity contribution in [2.24, 2.45) is 7.05 Å². The minimum absolute atomic E-state index is 0.0287. The lowest BCUT2D eigenvalue weighted by Crippen LogP contribution is -2.31. The molecular weight excluding hydrogens is 279 g/mol. The summed E-state index contributed by atoms with van der Waals surface area (Å²) in [5, 5.41) is 0. The molecule has 1 aromatic heterocycles. The Balaban J connectivity index is 2.10. The molecule has 0 radical (unpaired) electrons. The topological polar surface area (TPSA) is 25.2 Å². The van der Waals surface area contributed by atoms with Crippen LogP contribution in [0.1, 0.15) is 42.1 Å². The van der Waals surface area contributed by atoms with Gasteiger partial charge >= 0.3 is 0 Å². The number of aryl methyl sites for hydroxylation is 1. The van der Waals surface area contributed by atoms with Crippen LogP contribution < -0.4 is 0 Å². The number of carbonyl (C=O) groups is 1. The third-order valence-corrected chi connectivity index (χ3v) is 3.68. The average molecular weight is 302 g/mol. The summed E-state index contributed by atoms with van der Waals surface area (Å²) in [4.78, 5) is 14.5. The van der Waals surface area contributed by atoms with Crippen LogP contribution in [-0.2, 0) is 13.6 Å². The monoisotopic (exact) mass is 302 g/mol. The second-order valence-corrected chi connectivity index (χ2v) is 5.63. The molecule has 1 heterocycles. The van der Waals surface area contributed by atoms with E-state index in [0.717, 1.165) is 31.4 Å². The van der Waals surface area contributed by atoms with Gasteiger partial charge in [-0.3, -0.25) is 4.79 Å². The lowest BCUT2D eigenvalue weighted by molar-refractivity contribution is 0.0740. The number of hydrogen-bond donors (Lipinski definition) is 0. The molecule has 1 aromatic carbocycles. The van der Waals surface area contributed by atoms with Gasteiger partial charge in [0.15, 0.2) is 0 Å². The summed E-state index contributed by atoms with van der Waals surface area (Å²) in [5.74, 6) is -0.225. The Hall–Kier alpha value is -2.10. The van der Waals surface area contributed by atoms with Gasteiger partial charge in [0.25, 0.3) is 5.91 Å². The Morgan fingerprint density at radius 1 is 1.18 bits per heavy atom. The zero-order chi connectivity index (χ0) is 15.9. The molecule has 22 heavy (non-hydrogen) atoms. The highest BCUT2D eigenvalue weighted by Gasteiger charge is 2.16. The van der Waals surface area contributed by atoms with E-state index in [1.807, 2.05) is 35.0 Å². The number of aromatic nitrogens is 1. The highest BCUT2D eigenvalue weighted by Crippen LogP contribution is 2.13. The number of benzene rings is 1. The van der Waals surface area contributed by atoms with Gasteiger partial charge in [-0.25, -0.2) is 4.39 Å². The van der Waals surface area contributed by atoms with Crippen LogP contribution in [0.5, 0.6) is 0 Å². The Bertz CT molecular complexity index is 604. The standard InChI is InChI=1S/C18H23FN2O/c1-3-4-5-11-21(13-15-6-8-17(19)9-7-15)18(22)16-10-12-20(2)14-16/h6-10,12,14H,3-5,11,13H2,1-2H3. The van der Waals surface area contributed by atoms with Crippen LogP contribution in [-0.4, -0.2) is 21.9 Å². The maximum Gasteiger partial charge on any atom is 0.255 e. The molecule has 0 aliphatic carbocycles. The van der Waals surface area contributed by atoms with E-state index in [9.17, 15) is 9.18 Å². The van der Waals surface area contributed by atoms with Gasteiger partial charge in [-0.2, -0.15) is 0 Å². The maximum atomic E-state index is 13.0. The molecule has 0 spiro atoms. The number of amides is 1. The molecule has 3 nitrogen and oxygen atoms in total. The summed E-state index contributed by atoms with van der Waals surface area (Å²) >= 11 is 0. The predicted molar refractivity (Wildman–Crippen MR) is 86.1 cm³/mol. The number of hydrogen-bond acceptors (Lipinski definition) is 1. The Labute approximate surface area is 131 Å². The molecule has 0 bridgehead atoms. The molecule has 2 rings (SSSR count). The van der Waals surface area contributed by atoms with Crippen molar-refractivity contribution in [1.29, 1.82) is 0 Å². The molecule has 0 aliphatic rings. The largest absolute Gasteiger partial charge is 0.356 e. The zero-order valence-electron chi connectivity index (χ0n) is 13.3. The Morgan fingerprint density at radius 2 is 1.91 bits per heavy atom. The van der Waals surface area contributed by atoms with E-state index < -0.39 is 0 Å². The van der Waals surface area contributed by atoms with Gasteiger partial charge in [0.1, 0.15) is 5.82 Å². The van der Waals surface area contributed by atoms with Crippen molar-refractivity contribution in [2.75, 3.05) is 6.54 Å². The SMILES string of the molecule is CCCCCN(Cc1ccc(F)cc1)C(=O)c1ccn(C)c1. The van der Waals surface area contributed by atoms with E-state index in [1.165, 1.54) is 12.1 Å². The van der Waals surface area contributed by atoms with Crippen molar-refractivity contribution in [3.8, 4) is 0 Å². The highest BCUT2D eigenvalue weighted by molar-refractivity contribution is 5.94. The highest BCUT2D eigenvalue weighted by atomic mass is 19.1. The average Bonchev–Trinajstić information content (AvgIpc) is 2.94. The number of nitrogens with zero attached hydrogens (tertiary/aromatic N) is 2. The van der Waals surface area contributed by atoms with Crippen LogP contribution >= 0.6 is 0 Å². The molecule has 0 saturated carbocycles. The van der Waals surface area contributed by atoms with Gasteiger partial charge in [0.2, 0.25) is 0 Å². The van der Waals surface area contributed by atoms with E-state index in [0.29, 0.717) is 12.1 Å². The van der Waals surface area contributed by atoms with Gasteiger partial charge in [-0.15, -0.1) is 0 Å². The summed E-state index contributed by atoms with van der Waals surface area (Å²) in [5.41, 5.74) is 1.64. The van der Waals surface area contributed by atoms with Gasteiger partial charge in [-0.1, -0.05) is 31.9 Å². The van der Waals surface area contributed by atoms with Gasteiger partial charge in [0.05, 0.1) is 5.56 Å². The number of halogens is 1. The second-order valence-electron chi connectivity index (χ2n) is 5.63. The summed E-state index contributed by atoms with van der Waals surface area (Å²) in [6.07, 6.45) is 6.90. The van der Waals surface area contributed by atoms with Gasteiger partial charge in [-0.05, 0) is 30.2 Å². The first kappa shape index (κ1) is 16.3. The van der Waals surface area contributed by atoms with Crippen LogP contribution in [0, 0.1) is 5.82 Å². The molecule has 0 atom stereocenters. The third-order valence-electron chi connectivity index (χ3n) is 3.68. The van der Waals surface area contributed by atoms with Crippen LogP contribution in [0.25, 0.3) is 0 Å². The first-order chi connectivity index (χ1) is 10.6. The minimum atomic E-state index is -0.254. The molecule has 1 amide bonds. The van der Waals surface area contributed by atoms with E-state index in [1.54, 1.807) is 12.1 Å². The third kappa shape index (κ3) is 4.45. The van der Waals surface area contributed by atoms with Crippen molar-refractivity contribution in [3.63, 3.8) is 0 Å². The predicted octanol–water partition coefficient (Wildman–Crippen LogP) is 4.00. The van der Waals surface area contributed by atoms with Crippen molar-refractivity contribution < 1.29 is 9.18 Å². The van der Waals surface area contributed by atoms with E-state index in [4.69, 9.17) is 0 Å². The number of unbranched alkanes of at least 4 members (excludes halogenated alkanes) is 2. The fourth-order valence-corrected chi connectivity index (χ4v) is 2.43. The van der Waals surface area contributed by atoms with E-state index in [2.05, 4.69) is 6.92 Å². The molecule has 2 aromatic rings. The van der Waals surface area contributed by atoms with Crippen molar-refractivity contribution >= 4 is 5.91 Å². The molecule has 0 unspecified atom stereocenters. The summed E-state index contributed by atoms with van der Waals surface area (Å²) in [6, 6.07) is 8.18. The zero-order valence-corrected chi connectivity index (χ0v) is 13.3. The molecule has 118 valence electrons. The number of rotatable bonds is 7. The van der Waals surface area contributed by atoms with Crippen molar-refractivity contribution in [1.82, 2.24) is 9.47 Å². The second kappa shape index (κ2) is 7.78. The van der Waals surface area contributed by atoms with Crippen LogP contribution in [0.3, 0.4) is 0 Å². The first-order valence-corrected chi connectivity index (χ1v) is 7.76. The van der Waals surface area contributed by atoms with Gasteiger partial charge < -0.3 is 9.47 Å². The lowest BCUT2D eigenvalue weighted by atomic mass is 10.1. The molecule has 0 N–H and O–H groups in total. The minimum Gasteiger partial charge on any atom is -0.356 e. The normalized spacial score (nSPS) is 10.7. The smallest absolute Gasteiger partial charge is 0.255 e. The van der Waals surface area contributed by atoms with Crippen molar-refractivity contribution in [3.05, 3.63) is 59.7 Å². The van der Waals surface area contributed by atoms with Crippen LogP contribution in [0.15, 0.2) is 42.7 Å². The fourth-order valence-electron chi connectivity index (χ4n) is 2.43. The molecule has 0 aliphatic heterocycles. The quantitative estimate of drug-likeness (QED) is 0.710. The summed E-state index contributed by atoms with van der Waals surface area (Å²) in [6.45, 7) is 3.37. The summed E-state index contributed by atoms with van der Waals surface area (Å²) < 4.78 is 14.9. The van der Waals surface area contributed by atoms with E-state index in [-0.39, 0.29) is 11.7 Å². The van der Waals surface area contributed by atoms with E-state index >= 15 is 0 Å². The fraction of sp³-hybridized carbons (Fsp3) is 0.389. The first-order valence-electron chi connectivity index (χ1n) is 7.76. The van der Waals surface area contributed by atoms with Crippen LogP contribution in [0.4, 0.5) is 4.39 Å². The number of carbonyl (C=O) groups excluding carboxylic acids is 1. The molecular formula is C18H23FN2O.